The number of aryl methyl sites for hydroxylation is 1. The standard InChI is InChI=1S/C13H17N3O4S/c1-10-6-8-11(9-7-10)21(19,20)15-14-12-4-2-3-5-13(12)16(17)18/h6-9,14-15H,2-5H2,1H3. The first-order chi connectivity index (χ1) is 9.90. The predicted octanol–water partition coefficient (Wildman–Crippen LogP) is 1.84. The van der Waals surface area contributed by atoms with E-state index in [1.165, 1.54) is 12.1 Å². The molecule has 0 unspecified atom stereocenters. The minimum Gasteiger partial charge on any atom is -0.306 e. The van der Waals surface area contributed by atoms with Crippen molar-refractivity contribution in [3.63, 3.8) is 0 Å². The van der Waals surface area contributed by atoms with Crippen LogP contribution in [0.15, 0.2) is 40.6 Å². The van der Waals surface area contributed by atoms with Gasteiger partial charge in [-0.1, -0.05) is 17.7 Å². The Balaban J connectivity index is 2.14. The van der Waals surface area contributed by atoms with E-state index in [0.717, 1.165) is 18.4 Å². The molecule has 0 bridgehead atoms. The SMILES string of the molecule is Cc1ccc(S(=O)(=O)NNC2=C([N+](=O)[O-])CCCC2)cc1. The maximum absolute atomic E-state index is 12.1. The van der Waals surface area contributed by atoms with Crippen molar-refractivity contribution in [1.82, 2.24) is 10.3 Å². The van der Waals surface area contributed by atoms with E-state index in [1.807, 2.05) is 6.92 Å². The van der Waals surface area contributed by atoms with E-state index in [-0.39, 0.29) is 10.6 Å². The van der Waals surface area contributed by atoms with E-state index in [4.69, 9.17) is 0 Å². The van der Waals surface area contributed by atoms with Crippen LogP contribution in [0.5, 0.6) is 0 Å². The molecule has 0 atom stereocenters. The van der Waals surface area contributed by atoms with Crippen LogP contribution in [0.2, 0.25) is 0 Å². The minimum absolute atomic E-state index is 0.0489. The van der Waals surface area contributed by atoms with Crippen LogP contribution in [-0.4, -0.2) is 13.3 Å². The number of rotatable bonds is 5. The number of sulfonamides is 1. The van der Waals surface area contributed by atoms with E-state index < -0.39 is 14.9 Å². The van der Waals surface area contributed by atoms with Gasteiger partial charge in [-0.15, -0.1) is 4.83 Å². The third-order valence-electron chi connectivity index (χ3n) is 3.33. The fraction of sp³-hybridized carbons (Fsp3) is 0.385. The van der Waals surface area contributed by atoms with Crippen LogP contribution in [0.25, 0.3) is 0 Å². The zero-order valence-electron chi connectivity index (χ0n) is 11.6. The zero-order valence-corrected chi connectivity index (χ0v) is 12.4. The Kier molecular flexibility index (Phi) is 4.59. The van der Waals surface area contributed by atoms with E-state index >= 15 is 0 Å². The van der Waals surface area contributed by atoms with Gasteiger partial charge < -0.3 is 5.43 Å². The quantitative estimate of drug-likeness (QED) is 0.638. The maximum Gasteiger partial charge on any atom is 0.266 e. The molecule has 2 rings (SSSR count). The first-order valence-electron chi connectivity index (χ1n) is 6.61. The fourth-order valence-corrected chi connectivity index (χ4v) is 3.00. The zero-order chi connectivity index (χ0) is 15.5. The van der Waals surface area contributed by atoms with Crippen LogP contribution in [-0.2, 0) is 10.0 Å². The van der Waals surface area contributed by atoms with Gasteiger partial charge in [-0.25, -0.2) is 8.42 Å². The minimum atomic E-state index is -3.74. The van der Waals surface area contributed by atoms with Crippen LogP contribution in [0.4, 0.5) is 0 Å². The van der Waals surface area contributed by atoms with E-state index in [0.29, 0.717) is 18.5 Å². The number of hydrogen-bond donors (Lipinski definition) is 2. The highest BCUT2D eigenvalue weighted by Gasteiger charge is 2.23. The summed E-state index contributed by atoms with van der Waals surface area (Å²) >= 11 is 0. The average Bonchev–Trinajstić information content (AvgIpc) is 2.46. The van der Waals surface area contributed by atoms with Crippen molar-refractivity contribution in [2.75, 3.05) is 0 Å². The summed E-state index contributed by atoms with van der Waals surface area (Å²) < 4.78 is 24.2. The maximum atomic E-state index is 12.1. The van der Waals surface area contributed by atoms with Gasteiger partial charge in [0.1, 0.15) is 5.70 Å². The van der Waals surface area contributed by atoms with Crippen LogP contribution in [0.3, 0.4) is 0 Å². The summed E-state index contributed by atoms with van der Waals surface area (Å²) in [4.78, 5) is 12.8. The molecule has 0 fully saturated rings. The molecule has 0 heterocycles. The Morgan fingerprint density at radius 1 is 1.14 bits per heavy atom. The number of nitro groups is 1. The lowest BCUT2D eigenvalue weighted by atomic mass is 10.0. The number of hydrogen-bond acceptors (Lipinski definition) is 5. The normalized spacial score (nSPS) is 15.9. The van der Waals surface area contributed by atoms with Gasteiger partial charge in [-0.2, -0.15) is 0 Å². The van der Waals surface area contributed by atoms with Crippen molar-refractivity contribution >= 4 is 10.0 Å². The summed E-state index contributed by atoms with van der Waals surface area (Å²) in [5, 5.41) is 10.9. The molecule has 1 aliphatic carbocycles. The Labute approximate surface area is 123 Å². The average molecular weight is 311 g/mol. The van der Waals surface area contributed by atoms with Crippen molar-refractivity contribution in [3.05, 3.63) is 51.3 Å². The summed E-state index contributed by atoms with van der Waals surface area (Å²) in [6, 6.07) is 6.36. The highest BCUT2D eigenvalue weighted by molar-refractivity contribution is 7.89. The highest BCUT2D eigenvalue weighted by atomic mass is 32.2. The van der Waals surface area contributed by atoms with Gasteiger partial charge in [0.25, 0.3) is 15.7 Å². The number of hydrazine groups is 1. The molecule has 0 saturated heterocycles. The van der Waals surface area contributed by atoms with Crippen molar-refractivity contribution in [2.45, 2.75) is 37.5 Å². The molecule has 8 heteroatoms. The van der Waals surface area contributed by atoms with Crippen LogP contribution in [0.1, 0.15) is 31.2 Å². The van der Waals surface area contributed by atoms with Crippen molar-refractivity contribution in [1.29, 1.82) is 0 Å². The molecule has 0 radical (unpaired) electrons. The first kappa shape index (κ1) is 15.5. The molecule has 0 amide bonds. The third kappa shape index (κ3) is 3.79. The van der Waals surface area contributed by atoms with Gasteiger partial charge >= 0.3 is 0 Å². The lowest BCUT2D eigenvalue weighted by Gasteiger charge is -2.16. The Hall–Kier alpha value is -1.93. The summed E-state index contributed by atoms with van der Waals surface area (Å²) in [6.07, 6.45) is 2.35. The largest absolute Gasteiger partial charge is 0.306 e. The Morgan fingerprint density at radius 3 is 2.38 bits per heavy atom. The van der Waals surface area contributed by atoms with Gasteiger partial charge in [0, 0.05) is 6.42 Å². The van der Waals surface area contributed by atoms with Crippen molar-refractivity contribution in [3.8, 4) is 0 Å². The van der Waals surface area contributed by atoms with Crippen LogP contribution in [0, 0.1) is 17.0 Å². The number of nitrogens with one attached hydrogen (secondary N) is 2. The van der Waals surface area contributed by atoms with Gasteiger partial charge in [0.2, 0.25) is 0 Å². The van der Waals surface area contributed by atoms with Gasteiger partial charge in [-0.05, 0) is 38.3 Å². The molecule has 21 heavy (non-hydrogen) atoms. The molecule has 1 aliphatic rings. The van der Waals surface area contributed by atoms with E-state index in [9.17, 15) is 18.5 Å². The molecule has 0 aliphatic heterocycles. The summed E-state index contributed by atoms with van der Waals surface area (Å²) in [5.41, 5.74) is 3.84. The van der Waals surface area contributed by atoms with Crippen molar-refractivity contribution in [2.24, 2.45) is 0 Å². The second-order valence-electron chi connectivity index (χ2n) is 4.93. The van der Waals surface area contributed by atoms with E-state index in [2.05, 4.69) is 10.3 Å². The smallest absolute Gasteiger partial charge is 0.266 e. The second kappa shape index (κ2) is 6.23. The molecule has 0 spiro atoms. The van der Waals surface area contributed by atoms with Gasteiger partial charge in [0.05, 0.1) is 9.82 Å². The molecule has 114 valence electrons. The summed E-state index contributed by atoms with van der Waals surface area (Å²) in [5.74, 6) is 0. The topological polar surface area (TPSA) is 101 Å². The lowest BCUT2D eigenvalue weighted by Crippen LogP contribution is -2.38. The van der Waals surface area contributed by atoms with Gasteiger partial charge in [0.15, 0.2) is 0 Å². The molecular weight excluding hydrogens is 294 g/mol. The van der Waals surface area contributed by atoms with Crippen molar-refractivity contribution < 1.29 is 13.3 Å². The third-order valence-corrected chi connectivity index (χ3v) is 4.59. The molecule has 1 aromatic rings. The van der Waals surface area contributed by atoms with Crippen LogP contribution < -0.4 is 10.3 Å². The lowest BCUT2D eigenvalue weighted by molar-refractivity contribution is -0.430. The predicted molar refractivity (Wildman–Crippen MR) is 77.1 cm³/mol. The summed E-state index contributed by atoms with van der Waals surface area (Å²) in [6.45, 7) is 1.86. The molecule has 0 saturated carbocycles. The first-order valence-corrected chi connectivity index (χ1v) is 8.09. The van der Waals surface area contributed by atoms with E-state index in [1.54, 1.807) is 12.1 Å². The molecular formula is C13H17N3O4S. The molecule has 1 aromatic carbocycles. The molecule has 0 aromatic heterocycles. The second-order valence-corrected chi connectivity index (χ2v) is 6.62. The van der Waals surface area contributed by atoms with Gasteiger partial charge in [-0.3, -0.25) is 10.1 Å². The number of nitrogens with zero attached hydrogens (tertiary/aromatic N) is 1. The molecule has 2 N–H and O–H groups in total. The number of benzene rings is 1. The monoisotopic (exact) mass is 311 g/mol. The highest BCUT2D eigenvalue weighted by Crippen LogP contribution is 2.23. The molecule has 7 nitrogen and oxygen atoms in total. The Morgan fingerprint density at radius 2 is 1.76 bits per heavy atom. The Bertz CT molecular complexity index is 665. The number of allylic oxidation sites excluding steroid dienone is 2. The fourth-order valence-electron chi connectivity index (χ4n) is 2.13. The van der Waals surface area contributed by atoms with Crippen LogP contribution >= 0.6 is 0 Å². The summed E-state index contributed by atoms with van der Waals surface area (Å²) in [7, 11) is -3.74.